The fraction of sp³-hybridized carbons (Fsp3) is 0.0952. The van der Waals surface area contributed by atoms with Gasteiger partial charge in [-0.3, -0.25) is 4.79 Å². The van der Waals surface area contributed by atoms with Crippen LogP contribution in [-0.2, 0) is 12.8 Å². The second-order valence-electron chi connectivity index (χ2n) is 5.92. The number of ether oxygens (including phenoxy) is 1. The first kappa shape index (κ1) is 18.5. The molecule has 3 aromatic rings. The smallest absolute Gasteiger partial charge is 0.416 e. The first-order valence-electron chi connectivity index (χ1n) is 8.13. The third-order valence-corrected chi connectivity index (χ3v) is 4.01. The number of halogens is 3. The molecule has 0 saturated heterocycles. The van der Waals surface area contributed by atoms with Gasteiger partial charge >= 0.3 is 6.18 Å². The second-order valence-corrected chi connectivity index (χ2v) is 5.92. The SMILES string of the molecule is NC(=O)c1cc(OCc2ccccc2)ccc1-c1cccc(C(F)(F)F)c1. The Hall–Kier alpha value is -3.28. The Kier molecular flexibility index (Phi) is 5.16. The zero-order valence-corrected chi connectivity index (χ0v) is 14.2. The van der Waals surface area contributed by atoms with Crippen LogP contribution in [0.5, 0.6) is 5.75 Å². The summed E-state index contributed by atoms with van der Waals surface area (Å²) in [6, 6.07) is 18.8. The van der Waals surface area contributed by atoms with Crippen LogP contribution in [0.25, 0.3) is 11.1 Å². The van der Waals surface area contributed by atoms with E-state index in [1.807, 2.05) is 30.3 Å². The lowest BCUT2D eigenvalue weighted by atomic mass is 9.97. The van der Waals surface area contributed by atoms with Gasteiger partial charge < -0.3 is 10.5 Å². The van der Waals surface area contributed by atoms with E-state index in [9.17, 15) is 18.0 Å². The van der Waals surface area contributed by atoms with E-state index in [4.69, 9.17) is 10.5 Å². The van der Waals surface area contributed by atoms with Gasteiger partial charge in [-0.25, -0.2) is 0 Å². The van der Waals surface area contributed by atoms with Gasteiger partial charge in [-0.2, -0.15) is 13.2 Å². The highest BCUT2D eigenvalue weighted by molar-refractivity contribution is 6.00. The van der Waals surface area contributed by atoms with Crippen molar-refractivity contribution in [2.45, 2.75) is 12.8 Å². The number of nitrogens with two attached hydrogens (primary N) is 1. The maximum atomic E-state index is 13.0. The van der Waals surface area contributed by atoms with E-state index in [0.717, 1.165) is 17.7 Å². The predicted octanol–water partition coefficient (Wildman–Crippen LogP) is 5.05. The first-order chi connectivity index (χ1) is 12.8. The van der Waals surface area contributed by atoms with E-state index < -0.39 is 17.6 Å². The molecule has 0 bridgehead atoms. The summed E-state index contributed by atoms with van der Waals surface area (Å²) in [6.07, 6.45) is -4.47. The minimum atomic E-state index is -4.47. The van der Waals surface area contributed by atoms with Gasteiger partial charge in [0.2, 0.25) is 5.91 Å². The number of hydrogen-bond acceptors (Lipinski definition) is 2. The number of primary amides is 1. The Labute approximate surface area is 154 Å². The fourth-order valence-electron chi connectivity index (χ4n) is 2.67. The van der Waals surface area contributed by atoms with Crippen LogP contribution in [0.3, 0.4) is 0 Å². The highest BCUT2D eigenvalue weighted by Gasteiger charge is 2.30. The van der Waals surface area contributed by atoms with Gasteiger partial charge in [0.15, 0.2) is 0 Å². The van der Waals surface area contributed by atoms with Crippen molar-refractivity contribution in [1.29, 1.82) is 0 Å². The summed E-state index contributed by atoms with van der Waals surface area (Å²) in [7, 11) is 0. The lowest BCUT2D eigenvalue weighted by Crippen LogP contribution is -2.13. The summed E-state index contributed by atoms with van der Waals surface area (Å²) in [5, 5.41) is 0. The molecule has 1 amide bonds. The molecule has 0 atom stereocenters. The number of benzene rings is 3. The van der Waals surface area contributed by atoms with Crippen molar-refractivity contribution in [1.82, 2.24) is 0 Å². The van der Waals surface area contributed by atoms with Gasteiger partial charge in [-0.15, -0.1) is 0 Å². The first-order valence-corrected chi connectivity index (χ1v) is 8.13. The molecule has 0 fully saturated rings. The summed E-state index contributed by atoms with van der Waals surface area (Å²) in [5.41, 5.74) is 6.26. The summed E-state index contributed by atoms with van der Waals surface area (Å²) >= 11 is 0. The highest BCUT2D eigenvalue weighted by atomic mass is 19.4. The average Bonchev–Trinajstić information content (AvgIpc) is 2.66. The molecule has 3 nitrogen and oxygen atoms in total. The summed E-state index contributed by atoms with van der Waals surface area (Å²) in [6.45, 7) is 0.294. The average molecular weight is 371 g/mol. The largest absolute Gasteiger partial charge is 0.489 e. The van der Waals surface area contributed by atoms with Crippen LogP contribution in [0, 0.1) is 0 Å². The number of carbonyl (C=O) groups is 1. The lowest BCUT2D eigenvalue weighted by molar-refractivity contribution is -0.137. The quantitative estimate of drug-likeness (QED) is 0.682. The van der Waals surface area contributed by atoms with E-state index in [1.165, 1.54) is 24.3 Å². The van der Waals surface area contributed by atoms with Gasteiger partial charge in [0.25, 0.3) is 0 Å². The Morgan fingerprint density at radius 2 is 1.67 bits per heavy atom. The third-order valence-electron chi connectivity index (χ3n) is 4.01. The van der Waals surface area contributed by atoms with Crippen molar-refractivity contribution in [3.63, 3.8) is 0 Å². The normalized spacial score (nSPS) is 11.2. The Bertz CT molecular complexity index is 953. The van der Waals surface area contributed by atoms with Crippen LogP contribution in [0.15, 0.2) is 72.8 Å². The van der Waals surface area contributed by atoms with Crippen LogP contribution >= 0.6 is 0 Å². The molecule has 0 saturated carbocycles. The molecule has 27 heavy (non-hydrogen) atoms. The van der Waals surface area contributed by atoms with E-state index in [2.05, 4.69) is 0 Å². The number of rotatable bonds is 5. The molecule has 138 valence electrons. The molecular weight excluding hydrogens is 355 g/mol. The minimum Gasteiger partial charge on any atom is -0.489 e. The van der Waals surface area contributed by atoms with E-state index in [1.54, 1.807) is 6.07 Å². The maximum Gasteiger partial charge on any atom is 0.416 e. The molecule has 0 aliphatic heterocycles. The summed E-state index contributed by atoms with van der Waals surface area (Å²) < 4.78 is 44.5. The molecule has 0 spiro atoms. The van der Waals surface area contributed by atoms with Crippen LogP contribution in [0.4, 0.5) is 13.2 Å². The van der Waals surface area contributed by atoms with Crippen LogP contribution in [0.1, 0.15) is 21.5 Å². The van der Waals surface area contributed by atoms with Crippen molar-refractivity contribution in [2.75, 3.05) is 0 Å². The molecule has 0 radical (unpaired) electrons. The maximum absolute atomic E-state index is 13.0. The number of hydrogen-bond donors (Lipinski definition) is 1. The van der Waals surface area contributed by atoms with Crippen LogP contribution in [-0.4, -0.2) is 5.91 Å². The van der Waals surface area contributed by atoms with Gasteiger partial charge in [-0.05, 0) is 47.0 Å². The zero-order chi connectivity index (χ0) is 19.4. The fourth-order valence-corrected chi connectivity index (χ4v) is 2.67. The van der Waals surface area contributed by atoms with Crippen molar-refractivity contribution in [2.24, 2.45) is 5.73 Å². The zero-order valence-electron chi connectivity index (χ0n) is 14.2. The van der Waals surface area contributed by atoms with Crippen molar-refractivity contribution in [3.8, 4) is 16.9 Å². The topological polar surface area (TPSA) is 52.3 Å². The predicted molar refractivity (Wildman–Crippen MR) is 96.2 cm³/mol. The van der Waals surface area contributed by atoms with Crippen LogP contribution in [0.2, 0.25) is 0 Å². The van der Waals surface area contributed by atoms with Crippen molar-refractivity contribution >= 4 is 5.91 Å². The molecule has 2 N–H and O–H groups in total. The molecule has 0 aromatic heterocycles. The van der Waals surface area contributed by atoms with E-state index in [0.29, 0.717) is 17.9 Å². The van der Waals surface area contributed by atoms with Gasteiger partial charge in [0.05, 0.1) is 11.1 Å². The monoisotopic (exact) mass is 371 g/mol. The van der Waals surface area contributed by atoms with E-state index in [-0.39, 0.29) is 11.1 Å². The number of alkyl halides is 3. The van der Waals surface area contributed by atoms with Gasteiger partial charge in [0, 0.05) is 0 Å². The summed E-state index contributed by atoms with van der Waals surface area (Å²) in [5.74, 6) is -0.337. The molecule has 0 aliphatic rings. The van der Waals surface area contributed by atoms with Crippen molar-refractivity contribution < 1.29 is 22.7 Å². The Morgan fingerprint density at radius 1 is 0.926 bits per heavy atom. The third kappa shape index (κ3) is 4.47. The second kappa shape index (κ2) is 7.53. The van der Waals surface area contributed by atoms with Gasteiger partial charge in [-0.1, -0.05) is 42.5 Å². The highest BCUT2D eigenvalue weighted by Crippen LogP contribution is 2.34. The molecular formula is C21H16F3NO2. The number of carbonyl (C=O) groups excluding carboxylic acids is 1. The Morgan fingerprint density at radius 3 is 2.33 bits per heavy atom. The van der Waals surface area contributed by atoms with Crippen LogP contribution < -0.4 is 10.5 Å². The molecule has 3 aromatic carbocycles. The standard InChI is InChI=1S/C21H16F3NO2/c22-21(23,24)16-8-4-7-15(11-16)18-10-9-17(12-19(18)20(25)26)27-13-14-5-2-1-3-6-14/h1-12H,13H2,(H2,25,26). The molecule has 0 unspecified atom stereocenters. The minimum absolute atomic E-state index is 0.0971. The van der Waals surface area contributed by atoms with Gasteiger partial charge in [0.1, 0.15) is 12.4 Å². The van der Waals surface area contributed by atoms with Crippen molar-refractivity contribution in [3.05, 3.63) is 89.5 Å². The molecule has 6 heteroatoms. The van der Waals surface area contributed by atoms with E-state index >= 15 is 0 Å². The number of amides is 1. The lowest BCUT2D eigenvalue weighted by Gasteiger charge is -2.13. The summed E-state index contributed by atoms with van der Waals surface area (Å²) in [4.78, 5) is 11.8. The molecule has 3 rings (SSSR count). The molecule has 0 aliphatic carbocycles. The molecule has 0 heterocycles. The Balaban J connectivity index is 1.92.